The van der Waals surface area contributed by atoms with Gasteiger partial charge < -0.3 is 24.8 Å². The fourth-order valence-electron chi connectivity index (χ4n) is 1.34. The first kappa shape index (κ1) is 25.3. The summed E-state index contributed by atoms with van der Waals surface area (Å²) < 4.78 is 62.0. The third-order valence-electron chi connectivity index (χ3n) is 2.27. The van der Waals surface area contributed by atoms with Crippen LogP contribution in [0, 0.1) is 0 Å². The summed E-state index contributed by atoms with van der Waals surface area (Å²) in [6.45, 7) is 0. The average molecular weight is 404 g/mol. The molecule has 9 nitrogen and oxygen atoms in total. The number of phenolic OH excluding ortho intramolecular Hbond substituents is 2. The van der Waals surface area contributed by atoms with Gasteiger partial charge >= 0.3 is 37.7 Å². The molecule has 2 aromatic rings. The number of para-hydroxylation sites is 2. The normalized spacial score (nSPS) is 10.4. The zero-order valence-corrected chi connectivity index (χ0v) is 15.8. The van der Waals surface area contributed by atoms with Crippen LogP contribution < -0.4 is 0 Å². The maximum Gasteiger partial charge on any atom is 2.00 e. The van der Waals surface area contributed by atoms with Crippen molar-refractivity contribution >= 4 is 58.0 Å². The minimum atomic E-state index is -4.53. The van der Waals surface area contributed by atoms with E-state index >= 15 is 0 Å². The van der Waals surface area contributed by atoms with Gasteiger partial charge in [-0.1, -0.05) is 24.3 Å². The van der Waals surface area contributed by atoms with Gasteiger partial charge in [0.25, 0.3) is 0 Å². The van der Waals surface area contributed by atoms with Gasteiger partial charge in [-0.05, 0) is 24.3 Å². The molecule has 0 saturated carbocycles. The largest absolute Gasteiger partial charge is 2.00 e. The Hall–Kier alpha value is -0.920. The zero-order valence-electron chi connectivity index (χ0n) is 12.0. The van der Waals surface area contributed by atoms with Crippen LogP contribution in [0.25, 0.3) is 0 Å². The molecule has 0 amide bonds. The molecule has 0 unspecified atom stereocenters. The molecule has 0 aliphatic heterocycles. The summed E-state index contributed by atoms with van der Waals surface area (Å²) in [5, 5.41) is 17.7. The van der Waals surface area contributed by atoms with E-state index in [0.29, 0.717) is 0 Å². The summed E-state index contributed by atoms with van der Waals surface area (Å²) in [6, 6.07) is 9.99. The molecule has 128 valence electrons. The molecule has 0 aliphatic carbocycles. The van der Waals surface area contributed by atoms with Crippen LogP contribution in [0.2, 0.25) is 0 Å². The molecule has 0 saturated heterocycles. The van der Waals surface area contributed by atoms with Gasteiger partial charge in [-0.2, -0.15) is 0 Å². The molecule has 0 aliphatic rings. The zero-order chi connectivity index (χ0) is 17.0. The van der Waals surface area contributed by atoms with Crippen molar-refractivity contribution in [2.75, 3.05) is 0 Å². The number of hydrogen-bond donors (Lipinski definition) is 2. The molecule has 2 aromatic carbocycles. The standard InChI is InChI=1S/2C6H6O4S.Ca.H2O/c2*7-5-3-1-2-4-6(5)11(8,9)10;;/h2*1-4,7H,(H,8,9,10);;1H2/q;;+2;/p-2. The van der Waals surface area contributed by atoms with Crippen molar-refractivity contribution in [1.82, 2.24) is 0 Å². The second kappa shape index (κ2) is 10.2. The van der Waals surface area contributed by atoms with E-state index < -0.39 is 41.5 Å². The molecule has 0 atom stereocenters. The SMILES string of the molecule is O.O=S(=O)([O-])c1ccccc1O.O=S(=O)([O-])c1ccccc1O.[Ca+2]. The van der Waals surface area contributed by atoms with Crippen LogP contribution in [0.1, 0.15) is 0 Å². The summed E-state index contributed by atoms with van der Waals surface area (Å²) in [5.41, 5.74) is 0. The number of aromatic hydroxyl groups is 2. The molecule has 2 rings (SSSR count). The summed E-state index contributed by atoms with van der Waals surface area (Å²) >= 11 is 0. The Kier molecular flexibility index (Phi) is 10.7. The monoisotopic (exact) mass is 404 g/mol. The van der Waals surface area contributed by atoms with E-state index in [0.717, 1.165) is 24.3 Å². The minimum absolute atomic E-state index is 0. The van der Waals surface area contributed by atoms with Crippen molar-refractivity contribution in [1.29, 1.82) is 0 Å². The third kappa shape index (κ3) is 7.77. The van der Waals surface area contributed by atoms with E-state index in [9.17, 15) is 25.9 Å². The predicted molar refractivity (Wildman–Crippen MR) is 81.5 cm³/mol. The quantitative estimate of drug-likeness (QED) is 0.489. The Morgan fingerprint density at radius 1 is 0.667 bits per heavy atom. The summed E-state index contributed by atoms with van der Waals surface area (Å²) in [7, 11) is -9.07. The molecule has 0 radical (unpaired) electrons. The molecule has 0 spiro atoms. The first-order chi connectivity index (χ1) is 10.0. The van der Waals surface area contributed by atoms with Crippen molar-refractivity contribution in [2.45, 2.75) is 9.79 Å². The van der Waals surface area contributed by atoms with Gasteiger partial charge in [-0.15, -0.1) is 0 Å². The van der Waals surface area contributed by atoms with E-state index in [1.807, 2.05) is 0 Å². The van der Waals surface area contributed by atoms with Gasteiger partial charge in [-0.3, -0.25) is 0 Å². The number of phenols is 2. The minimum Gasteiger partial charge on any atom is -0.744 e. The van der Waals surface area contributed by atoms with Crippen LogP contribution >= 0.6 is 0 Å². The summed E-state index contributed by atoms with van der Waals surface area (Å²) in [5.74, 6) is -1.02. The topological polar surface area (TPSA) is 186 Å². The Morgan fingerprint density at radius 2 is 0.917 bits per heavy atom. The summed E-state index contributed by atoms with van der Waals surface area (Å²) in [6.07, 6.45) is 0. The van der Waals surface area contributed by atoms with Crippen molar-refractivity contribution in [3.05, 3.63) is 48.5 Å². The van der Waals surface area contributed by atoms with Gasteiger partial charge in [-0.25, -0.2) is 16.8 Å². The number of rotatable bonds is 2. The molecule has 4 N–H and O–H groups in total. The third-order valence-corrected chi connectivity index (χ3v) is 4.04. The maximum absolute atomic E-state index is 10.3. The Balaban J connectivity index is 0. The van der Waals surface area contributed by atoms with Crippen LogP contribution in [0.5, 0.6) is 11.5 Å². The number of hydrogen-bond acceptors (Lipinski definition) is 8. The van der Waals surface area contributed by atoms with E-state index in [-0.39, 0.29) is 43.2 Å². The first-order valence-electron chi connectivity index (χ1n) is 5.51. The van der Waals surface area contributed by atoms with E-state index in [1.165, 1.54) is 24.3 Å². The number of benzene rings is 2. The van der Waals surface area contributed by atoms with E-state index in [1.54, 1.807) is 0 Å². The Labute approximate surface area is 168 Å². The summed E-state index contributed by atoms with van der Waals surface area (Å²) in [4.78, 5) is -1.17. The van der Waals surface area contributed by atoms with Gasteiger partial charge in [0.05, 0.1) is 9.79 Å². The molecule has 0 aromatic heterocycles. The van der Waals surface area contributed by atoms with Crippen LogP contribution in [0.4, 0.5) is 0 Å². The maximum atomic E-state index is 10.3. The van der Waals surface area contributed by atoms with Crippen LogP contribution in [-0.4, -0.2) is 79.4 Å². The smallest absolute Gasteiger partial charge is 0.744 e. The molecule has 12 heteroatoms. The van der Waals surface area contributed by atoms with Crippen molar-refractivity contribution in [2.24, 2.45) is 0 Å². The van der Waals surface area contributed by atoms with Gasteiger partial charge in [0.15, 0.2) is 0 Å². The van der Waals surface area contributed by atoms with Crippen molar-refractivity contribution < 1.29 is 41.6 Å². The van der Waals surface area contributed by atoms with Gasteiger partial charge in [0.2, 0.25) is 0 Å². The van der Waals surface area contributed by atoms with Gasteiger partial charge in [0, 0.05) is 0 Å². The second-order valence-electron chi connectivity index (χ2n) is 3.84. The molecule has 0 heterocycles. The predicted octanol–water partition coefficient (Wildman–Crippen LogP) is -0.613. The van der Waals surface area contributed by atoms with Crippen LogP contribution in [0.3, 0.4) is 0 Å². The Morgan fingerprint density at radius 3 is 1.08 bits per heavy atom. The van der Waals surface area contributed by atoms with Crippen molar-refractivity contribution in [3.63, 3.8) is 0 Å². The molecule has 0 fully saturated rings. The van der Waals surface area contributed by atoms with Gasteiger partial charge in [0.1, 0.15) is 31.7 Å². The van der Waals surface area contributed by atoms with Crippen molar-refractivity contribution in [3.8, 4) is 11.5 Å². The first-order valence-corrected chi connectivity index (χ1v) is 8.33. The Bertz CT molecular complexity index is 790. The van der Waals surface area contributed by atoms with E-state index in [2.05, 4.69) is 0 Å². The van der Waals surface area contributed by atoms with Crippen LogP contribution in [0.15, 0.2) is 58.3 Å². The molecular formula is C12H12CaO9S2. The average Bonchev–Trinajstić information content (AvgIpc) is 2.37. The molecule has 0 bridgehead atoms. The fourth-order valence-corrected chi connectivity index (χ4v) is 2.48. The molecule has 24 heavy (non-hydrogen) atoms. The van der Waals surface area contributed by atoms with Crippen LogP contribution in [-0.2, 0) is 20.2 Å². The molecular weight excluding hydrogens is 392 g/mol. The fraction of sp³-hybridized carbons (Fsp3) is 0. The second-order valence-corrected chi connectivity index (χ2v) is 6.54. The van der Waals surface area contributed by atoms with E-state index in [4.69, 9.17) is 10.2 Å².